The number of nitrogens with one attached hydrogen (secondary N) is 1. The fraction of sp³-hybridized carbons (Fsp3) is 0.350. The van der Waals surface area contributed by atoms with Crippen LogP contribution in [0.1, 0.15) is 34.5 Å². The first-order chi connectivity index (χ1) is 13.3. The van der Waals surface area contributed by atoms with Crippen molar-refractivity contribution in [1.29, 1.82) is 0 Å². The molecule has 1 aliphatic heterocycles. The third-order valence-corrected chi connectivity index (χ3v) is 7.01. The minimum Gasteiger partial charge on any atom is -0.379 e. The van der Waals surface area contributed by atoms with E-state index in [0.29, 0.717) is 42.5 Å². The lowest BCUT2D eigenvalue weighted by Gasteiger charge is -2.26. The molecule has 0 bridgehead atoms. The molecule has 0 unspecified atom stereocenters. The molecule has 28 heavy (non-hydrogen) atoms. The van der Waals surface area contributed by atoms with Crippen molar-refractivity contribution < 1.29 is 17.9 Å². The molecular formula is C20H23ClN2O4S. The van der Waals surface area contributed by atoms with Gasteiger partial charge in [-0.25, -0.2) is 8.42 Å². The van der Waals surface area contributed by atoms with Gasteiger partial charge in [-0.2, -0.15) is 4.31 Å². The second kappa shape index (κ2) is 8.61. The summed E-state index contributed by atoms with van der Waals surface area (Å²) in [6.45, 7) is 4.94. The summed E-state index contributed by atoms with van der Waals surface area (Å²) in [5.41, 5.74) is 1.77. The second-order valence-corrected chi connectivity index (χ2v) is 9.09. The normalized spacial score (nSPS) is 16.5. The Morgan fingerprint density at radius 1 is 1.18 bits per heavy atom. The average Bonchev–Trinajstić information content (AvgIpc) is 2.68. The molecule has 3 rings (SSSR count). The summed E-state index contributed by atoms with van der Waals surface area (Å²) in [4.78, 5) is 12.9. The number of sulfonamides is 1. The highest BCUT2D eigenvalue weighted by Crippen LogP contribution is 2.23. The Labute approximate surface area is 170 Å². The summed E-state index contributed by atoms with van der Waals surface area (Å²) in [5, 5.41) is 3.48. The summed E-state index contributed by atoms with van der Waals surface area (Å²) in [6, 6.07) is 11.7. The largest absolute Gasteiger partial charge is 0.379 e. The Hall–Kier alpha value is -1.93. The van der Waals surface area contributed by atoms with Gasteiger partial charge in [-0.15, -0.1) is 0 Å². The van der Waals surface area contributed by atoms with E-state index >= 15 is 0 Å². The fourth-order valence-corrected chi connectivity index (χ4v) is 4.94. The Balaban J connectivity index is 1.83. The number of morpholine rings is 1. The van der Waals surface area contributed by atoms with Crippen molar-refractivity contribution in [3.63, 3.8) is 0 Å². The average molecular weight is 423 g/mol. The molecule has 1 amide bonds. The number of rotatable bonds is 5. The van der Waals surface area contributed by atoms with Gasteiger partial charge in [0.05, 0.1) is 24.2 Å². The smallest absolute Gasteiger partial charge is 0.251 e. The van der Waals surface area contributed by atoms with Crippen LogP contribution < -0.4 is 5.32 Å². The molecule has 1 saturated heterocycles. The lowest BCUT2D eigenvalue weighted by atomic mass is 10.1. The number of hydrogen-bond donors (Lipinski definition) is 1. The van der Waals surface area contributed by atoms with E-state index in [-0.39, 0.29) is 16.8 Å². The van der Waals surface area contributed by atoms with Crippen LogP contribution >= 0.6 is 11.6 Å². The molecule has 1 heterocycles. The zero-order chi connectivity index (χ0) is 20.3. The third-order valence-electron chi connectivity index (χ3n) is 4.73. The highest BCUT2D eigenvalue weighted by Gasteiger charge is 2.28. The molecule has 1 aliphatic rings. The number of amides is 1. The van der Waals surface area contributed by atoms with E-state index in [1.54, 1.807) is 31.2 Å². The monoisotopic (exact) mass is 422 g/mol. The van der Waals surface area contributed by atoms with Crippen LogP contribution in [-0.2, 0) is 14.8 Å². The number of carbonyl (C=O) groups excluding carboxylic acids is 1. The summed E-state index contributed by atoms with van der Waals surface area (Å²) in [5.74, 6) is -0.342. The molecule has 2 aromatic rings. The van der Waals surface area contributed by atoms with Crippen LogP contribution in [0.2, 0.25) is 5.02 Å². The van der Waals surface area contributed by atoms with Crippen LogP contribution in [-0.4, -0.2) is 44.9 Å². The second-order valence-electron chi connectivity index (χ2n) is 6.75. The lowest BCUT2D eigenvalue weighted by Crippen LogP contribution is -2.41. The Bertz CT molecular complexity index is 972. The van der Waals surface area contributed by atoms with Gasteiger partial charge in [-0.05, 0) is 49.2 Å². The zero-order valence-electron chi connectivity index (χ0n) is 15.8. The molecule has 0 aromatic heterocycles. The van der Waals surface area contributed by atoms with E-state index < -0.39 is 10.0 Å². The van der Waals surface area contributed by atoms with E-state index in [2.05, 4.69) is 5.32 Å². The van der Waals surface area contributed by atoms with E-state index in [1.807, 2.05) is 19.1 Å². The van der Waals surface area contributed by atoms with Crippen molar-refractivity contribution in [1.82, 2.24) is 9.62 Å². The van der Waals surface area contributed by atoms with Gasteiger partial charge < -0.3 is 10.1 Å². The maximum Gasteiger partial charge on any atom is 0.251 e. The van der Waals surface area contributed by atoms with Crippen molar-refractivity contribution >= 4 is 27.5 Å². The van der Waals surface area contributed by atoms with Gasteiger partial charge >= 0.3 is 0 Å². The van der Waals surface area contributed by atoms with E-state index in [4.69, 9.17) is 16.3 Å². The molecule has 2 aromatic carbocycles. The molecule has 8 heteroatoms. The molecule has 0 radical (unpaired) electrons. The topological polar surface area (TPSA) is 75.7 Å². The number of nitrogens with zero attached hydrogens (tertiary/aromatic N) is 1. The Morgan fingerprint density at radius 2 is 1.89 bits per heavy atom. The van der Waals surface area contributed by atoms with Crippen LogP contribution in [0.5, 0.6) is 0 Å². The van der Waals surface area contributed by atoms with Gasteiger partial charge in [0.1, 0.15) is 0 Å². The predicted octanol–water partition coefficient (Wildman–Crippen LogP) is 3.16. The van der Waals surface area contributed by atoms with Crippen molar-refractivity contribution in [2.24, 2.45) is 0 Å². The summed E-state index contributed by atoms with van der Waals surface area (Å²) in [6.07, 6.45) is 0. The van der Waals surface area contributed by atoms with Gasteiger partial charge in [0.25, 0.3) is 5.91 Å². The molecule has 0 spiro atoms. The Kier molecular flexibility index (Phi) is 6.40. The minimum absolute atomic E-state index is 0.150. The number of ether oxygens (including phenoxy) is 1. The summed E-state index contributed by atoms with van der Waals surface area (Å²) >= 11 is 6.01. The SMILES string of the molecule is Cc1ccc(C(=O)N[C@@H](C)c2cccc(Cl)c2)cc1S(=O)(=O)N1CCOCC1. The summed E-state index contributed by atoms with van der Waals surface area (Å²) in [7, 11) is -3.68. The molecular weight excluding hydrogens is 400 g/mol. The number of carbonyl (C=O) groups is 1. The van der Waals surface area contributed by atoms with Crippen LogP contribution in [0.15, 0.2) is 47.4 Å². The van der Waals surface area contributed by atoms with Gasteiger partial charge in [0.2, 0.25) is 10.0 Å². The van der Waals surface area contributed by atoms with Gasteiger partial charge in [-0.1, -0.05) is 29.8 Å². The molecule has 1 fully saturated rings. The fourth-order valence-electron chi connectivity index (χ4n) is 3.08. The van der Waals surface area contributed by atoms with Gasteiger partial charge in [-0.3, -0.25) is 4.79 Å². The highest BCUT2D eigenvalue weighted by atomic mass is 35.5. The molecule has 0 saturated carbocycles. The standard InChI is InChI=1S/C20H23ClN2O4S/c1-14-6-7-17(13-19(14)28(25,26)23-8-10-27-11-9-23)20(24)22-15(2)16-4-3-5-18(21)12-16/h3-7,12-13,15H,8-11H2,1-2H3,(H,22,24)/t15-/m0/s1. The molecule has 6 nitrogen and oxygen atoms in total. The lowest BCUT2D eigenvalue weighted by molar-refractivity contribution is 0.0730. The number of aryl methyl sites for hydroxylation is 1. The van der Waals surface area contributed by atoms with Crippen molar-refractivity contribution in [3.05, 3.63) is 64.2 Å². The molecule has 1 atom stereocenters. The van der Waals surface area contributed by atoms with Crippen LogP contribution in [0, 0.1) is 6.92 Å². The molecule has 1 N–H and O–H groups in total. The first-order valence-corrected chi connectivity index (χ1v) is 10.9. The van der Waals surface area contributed by atoms with Crippen molar-refractivity contribution in [2.45, 2.75) is 24.8 Å². The first-order valence-electron chi connectivity index (χ1n) is 9.04. The van der Waals surface area contributed by atoms with Gasteiger partial charge in [0.15, 0.2) is 0 Å². The maximum atomic E-state index is 13.0. The van der Waals surface area contributed by atoms with Gasteiger partial charge in [0, 0.05) is 23.7 Å². The van der Waals surface area contributed by atoms with E-state index in [0.717, 1.165) is 5.56 Å². The number of benzene rings is 2. The van der Waals surface area contributed by atoms with E-state index in [9.17, 15) is 13.2 Å². The molecule has 0 aliphatic carbocycles. The third kappa shape index (κ3) is 4.55. The van der Waals surface area contributed by atoms with Crippen LogP contribution in [0.3, 0.4) is 0 Å². The van der Waals surface area contributed by atoms with Crippen LogP contribution in [0.4, 0.5) is 0 Å². The maximum absolute atomic E-state index is 13.0. The van der Waals surface area contributed by atoms with E-state index in [1.165, 1.54) is 10.4 Å². The van der Waals surface area contributed by atoms with Crippen LogP contribution in [0.25, 0.3) is 0 Å². The first kappa shape index (κ1) is 20.8. The predicted molar refractivity (Wildman–Crippen MR) is 108 cm³/mol. The number of halogens is 1. The number of hydrogen-bond acceptors (Lipinski definition) is 4. The molecule has 150 valence electrons. The minimum atomic E-state index is -3.68. The Morgan fingerprint density at radius 3 is 2.57 bits per heavy atom. The quantitative estimate of drug-likeness (QED) is 0.803. The van der Waals surface area contributed by atoms with Crippen molar-refractivity contribution in [2.75, 3.05) is 26.3 Å². The van der Waals surface area contributed by atoms with Crippen molar-refractivity contribution in [3.8, 4) is 0 Å². The zero-order valence-corrected chi connectivity index (χ0v) is 17.4. The summed E-state index contributed by atoms with van der Waals surface area (Å²) < 4.78 is 32.6. The highest BCUT2D eigenvalue weighted by molar-refractivity contribution is 7.89.